The van der Waals surface area contributed by atoms with Crippen LogP contribution in [-0.2, 0) is 4.74 Å². The summed E-state index contributed by atoms with van der Waals surface area (Å²) < 4.78 is 6.91. The van der Waals surface area contributed by atoms with Crippen molar-refractivity contribution < 1.29 is 9.53 Å². The summed E-state index contributed by atoms with van der Waals surface area (Å²) in [6, 6.07) is 17.2. The minimum absolute atomic E-state index is 0.304. The Labute approximate surface area is 222 Å². The third-order valence-electron chi connectivity index (χ3n) is 7.98. The van der Waals surface area contributed by atoms with Gasteiger partial charge >= 0.3 is 5.97 Å². The van der Waals surface area contributed by atoms with Gasteiger partial charge in [-0.1, -0.05) is 67.0 Å². The molecule has 1 aliphatic heterocycles. The van der Waals surface area contributed by atoms with Crippen LogP contribution in [0.2, 0.25) is 0 Å². The molecule has 6 rings (SSSR count). The Morgan fingerprint density at radius 1 is 0.946 bits per heavy atom. The molecule has 37 heavy (non-hydrogen) atoms. The van der Waals surface area contributed by atoms with E-state index in [4.69, 9.17) is 14.8 Å². The Balaban J connectivity index is 1.10. The largest absolute Gasteiger partial charge is 0.462 e. The molecule has 1 saturated heterocycles. The number of hydrogen-bond donors (Lipinski definition) is 0. The van der Waals surface area contributed by atoms with Crippen LogP contribution in [0.3, 0.4) is 0 Å². The van der Waals surface area contributed by atoms with Gasteiger partial charge < -0.3 is 9.64 Å². The summed E-state index contributed by atoms with van der Waals surface area (Å²) >= 11 is 1.60. The van der Waals surface area contributed by atoms with E-state index in [0.29, 0.717) is 18.1 Å². The third-order valence-corrected chi connectivity index (χ3v) is 8.96. The van der Waals surface area contributed by atoms with Gasteiger partial charge in [0.15, 0.2) is 0 Å². The van der Waals surface area contributed by atoms with Gasteiger partial charge in [0.2, 0.25) is 4.96 Å². The number of aromatic nitrogens is 3. The summed E-state index contributed by atoms with van der Waals surface area (Å²) in [6.07, 6.45) is 11.5. The SMILES string of the molecule is CCOC(=O)c1ccc(-c2cn3nc(-c4ccc(C5CCN(C6CCCCC6)CC5)cc4)sc3n2)cc1. The summed E-state index contributed by atoms with van der Waals surface area (Å²) in [5.41, 5.74) is 4.94. The van der Waals surface area contributed by atoms with E-state index in [1.807, 2.05) is 22.8 Å². The number of carbonyl (C=O) groups excluding carboxylic acids is 1. The van der Waals surface area contributed by atoms with Crippen molar-refractivity contribution in [2.24, 2.45) is 0 Å². The molecule has 6 nitrogen and oxygen atoms in total. The van der Waals surface area contributed by atoms with E-state index in [1.54, 1.807) is 30.4 Å². The molecule has 0 bridgehead atoms. The highest BCUT2D eigenvalue weighted by molar-refractivity contribution is 7.19. The molecule has 2 aromatic carbocycles. The molecule has 3 heterocycles. The fraction of sp³-hybridized carbons (Fsp3) is 0.433. The van der Waals surface area contributed by atoms with Crippen LogP contribution in [0.5, 0.6) is 0 Å². The van der Waals surface area contributed by atoms with Gasteiger partial charge in [-0.15, -0.1) is 0 Å². The molecule has 2 aliphatic rings. The molecule has 2 fully saturated rings. The average Bonchev–Trinajstić information content (AvgIpc) is 3.54. The van der Waals surface area contributed by atoms with Gasteiger partial charge in [-0.25, -0.2) is 14.3 Å². The van der Waals surface area contributed by atoms with Gasteiger partial charge in [0.05, 0.1) is 24.1 Å². The number of hydrogen-bond acceptors (Lipinski definition) is 6. The number of benzene rings is 2. The highest BCUT2D eigenvalue weighted by atomic mass is 32.1. The molecule has 1 aliphatic carbocycles. The number of imidazole rings is 1. The van der Waals surface area contributed by atoms with E-state index >= 15 is 0 Å². The Morgan fingerprint density at radius 2 is 1.65 bits per heavy atom. The molecule has 7 heteroatoms. The molecule has 0 atom stereocenters. The number of esters is 1. The Bertz CT molecular complexity index is 1310. The summed E-state index contributed by atoms with van der Waals surface area (Å²) in [4.78, 5) is 20.3. The lowest BCUT2D eigenvalue weighted by Gasteiger charge is -2.39. The molecule has 192 valence electrons. The van der Waals surface area contributed by atoms with E-state index in [1.165, 1.54) is 63.6 Å². The van der Waals surface area contributed by atoms with Gasteiger partial charge in [0.1, 0.15) is 5.01 Å². The van der Waals surface area contributed by atoms with E-state index in [0.717, 1.165) is 32.8 Å². The molecular weight excluding hydrogens is 480 g/mol. The lowest BCUT2D eigenvalue weighted by atomic mass is 9.86. The summed E-state index contributed by atoms with van der Waals surface area (Å²) in [5, 5.41) is 5.77. The number of piperidine rings is 1. The van der Waals surface area contributed by atoms with E-state index < -0.39 is 0 Å². The number of carbonyl (C=O) groups is 1. The van der Waals surface area contributed by atoms with Crippen LogP contribution in [-0.4, -0.2) is 51.2 Å². The van der Waals surface area contributed by atoms with Crippen LogP contribution < -0.4 is 0 Å². The van der Waals surface area contributed by atoms with Gasteiger partial charge in [-0.3, -0.25) is 0 Å². The first-order valence-corrected chi connectivity index (χ1v) is 14.5. The van der Waals surface area contributed by atoms with Crippen LogP contribution in [0, 0.1) is 0 Å². The van der Waals surface area contributed by atoms with Crippen LogP contribution in [0.4, 0.5) is 0 Å². The first-order chi connectivity index (χ1) is 18.2. The number of ether oxygens (including phenoxy) is 1. The van der Waals surface area contributed by atoms with Crippen LogP contribution in [0.1, 0.15) is 73.7 Å². The van der Waals surface area contributed by atoms with E-state index in [-0.39, 0.29) is 5.97 Å². The normalized spacial score (nSPS) is 17.9. The molecule has 4 aromatic rings. The average molecular weight is 515 g/mol. The summed E-state index contributed by atoms with van der Waals surface area (Å²) in [5.74, 6) is 0.363. The maximum Gasteiger partial charge on any atom is 0.338 e. The van der Waals surface area contributed by atoms with Gasteiger partial charge in [-0.05, 0) is 69.3 Å². The monoisotopic (exact) mass is 514 g/mol. The van der Waals surface area contributed by atoms with E-state index in [9.17, 15) is 4.79 Å². The zero-order valence-corrected chi connectivity index (χ0v) is 22.3. The number of likely N-dealkylation sites (tertiary alicyclic amines) is 1. The molecule has 0 amide bonds. The van der Waals surface area contributed by atoms with Gasteiger partial charge in [-0.2, -0.15) is 5.10 Å². The molecule has 2 aromatic heterocycles. The smallest absolute Gasteiger partial charge is 0.338 e. The van der Waals surface area contributed by atoms with Crippen molar-refractivity contribution >= 4 is 22.3 Å². The fourth-order valence-electron chi connectivity index (χ4n) is 5.89. The van der Waals surface area contributed by atoms with Crippen molar-refractivity contribution in [2.75, 3.05) is 19.7 Å². The highest BCUT2D eigenvalue weighted by Crippen LogP contribution is 2.34. The lowest BCUT2D eigenvalue weighted by Crippen LogP contribution is -2.41. The standard InChI is InChI=1S/C30H34N4O2S/c1-2-36-29(35)25-14-10-23(11-15-25)27-20-34-30(31-27)37-28(32-34)24-12-8-21(9-13-24)22-16-18-33(19-17-22)26-6-4-3-5-7-26/h8-15,20,22,26H,2-7,16-19H2,1H3. The Hall–Kier alpha value is -3.03. The summed E-state index contributed by atoms with van der Waals surface area (Å²) in [7, 11) is 0. The van der Waals surface area contributed by atoms with Crippen molar-refractivity contribution in [3.05, 3.63) is 65.9 Å². The first-order valence-electron chi connectivity index (χ1n) is 13.7. The van der Waals surface area contributed by atoms with Crippen molar-refractivity contribution in [1.29, 1.82) is 0 Å². The second-order valence-corrected chi connectivity index (χ2v) is 11.2. The number of rotatable bonds is 6. The second kappa shape index (κ2) is 10.8. The Morgan fingerprint density at radius 3 is 2.32 bits per heavy atom. The molecule has 0 radical (unpaired) electrons. The van der Waals surface area contributed by atoms with Crippen molar-refractivity contribution in [3.8, 4) is 21.8 Å². The number of fused-ring (bicyclic) bond motifs is 1. The molecular formula is C30H34N4O2S. The minimum atomic E-state index is -0.304. The predicted octanol–water partition coefficient (Wildman–Crippen LogP) is 6.81. The lowest BCUT2D eigenvalue weighted by molar-refractivity contribution is 0.0526. The van der Waals surface area contributed by atoms with Crippen molar-refractivity contribution in [3.63, 3.8) is 0 Å². The highest BCUT2D eigenvalue weighted by Gasteiger charge is 2.27. The van der Waals surface area contributed by atoms with E-state index in [2.05, 4.69) is 29.2 Å². The third kappa shape index (κ3) is 5.20. The first kappa shape index (κ1) is 24.3. The topological polar surface area (TPSA) is 59.7 Å². The zero-order valence-electron chi connectivity index (χ0n) is 21.4. The second-order valence-electron chi connectivity index (χ2n) is 10.3. The van der Waals surface area contributed by atoms with Crippen molar-refractivity contribution in [1.82, 2.24) is 19.5 Å². The maximum absolute atomic E-state index is 11.9. The van der Waals surface area contributed by atoms with Crippen LogP contribution in [0.25, 0.3) is 26.8 Å². The zero-order chi connectivity index (χ0) is 25.2. The molecule has 0 unspecified atom stereocenters. The Kier molecular flexibility index (Phi) is 7.07. The molecule has 0 spiro atoms. The minimum Gasteiger partial charge on any atom is -0.462 e. The molecule has 0 N–H and O–H groups in total. The van der Waals surface area contributed by atoms with Gasteiger partial charge in [0, 0.05) is 17.2 Å². The maximum atomic E-state index is 11.9. The summed E-state index contributed by atoms with van der Waals surface area (Å²) in [6.45, 7) is 4.67. The van der Waals surface area contributed by atoms with Crippen molar-refractivity contribution in [2.45, 2.75) is 63.8 Å². The predicted molar refractivity (Wildman–Crippen MR) is 148 cm³/mol. The quantitative estimate of drug-likeness (QED) is 0.264. The van der Waals surface area contributed by atoms with Crippen LogP contribution >= 0.6 is 11.3 Å². The number of nitrogens with zero attached hydrogens (tertiary/aromatic N) is 4. The van der Waals surface area contributed by atoms with Gasteiger partial charge in [0.25, 0.3) is 0 Å². The fourth-order valence-corrected chi connectivity index (χ4v) is 6.78. The van der Waals surface area contributed by atoms with Crippen LogP contribution in [0.15, 0.2) is 54.7 Å². The molecule has 1 saturated carbocycles.